The molecule has 2 aromatic carbocycles. The number of para-hydroxylation sites is 2. The summed E-state index contributed by atoms with van der Waals surface area (Å²) < 4.78 is 0. The zero-order chi connectivity index (χ0) is 17.5. The Hall–Kier alpha value is -1.96. The van der Waals surface area contributed by atoms with Gasteiger partial charge in [-0.1, -0.05) is 60.1 Å². The summed E-state index contributed by atoms with van der Waals surface area (Å²) in [5, 5.41) is 0. The van der Waals surface area contributed by atoms with E-state index >= 15 is 0 Å². The first-order valence-electron chi connectivity index (χ1n) is 8.94. The van der Waals surface area contributed by atoms with E-state index in [1.54, 1.807) is 0 Å². The van der Waals surface area contributed by atoms with Crippen LogP contribution in [0.15, 0.2) is 36.4 Å². The summed E-state index contributed by atoms with van der Waals surface area (Å²) in [5.74, 6) is 0. The van der Waals surface area contributed by atoms with E-state index in [4.69, 9.17) is 9.97 Å². The Balaban J connectivity index is 2.34. The monoisotopic (exact) mass is 320 g/mol. The lowest BCUT2D eigenvalue weighted by atomic mass is 9.72. The molecule has 0 amide bonds. The smallest absolute Gasteiger partial charge is 0.0897 e. The summed E-state index contributed by atoms with van der Waals surface area (Å²) >= 11 is 0. The van der Waals surface area contributed by atoms with E-state index in [-0.39, 0.29) is 10.8 Å². The summed E-state index contributed by atoms with van der Waals surface area (Å²) in [6.07, 6.45) is 2.35. The summed E-state index contributed by atoms with van der Waals surface area (Å²) in [7, 11) is 0. The van der Waals surface area contributed by atoms with Gasteiger partial charge in [0.2, 0.25) is 0 Å². The molecule has 0 spiro atoms. The Bertz CT molecular complexity index is 885. The molecular weight excluding hydrogens is 292 g/mol. The van der Waals surface area contributed by atoms with Gasteiger partial charge in [0.25, 0.3) is 0 Å². The van der Waals surface area contributed by atoms with Gasteiger partial charge in [0, 0.05) is 0 Å². The molecule has 0 saturated carbocycles. The van der Waals surface area contributed by atoms with Gasteiger partial charge in [-0.15, -0.1) is 0 Å². The minimum atomic E-state index is 0.0852. The van der Waals surface area contributed by atoms with E-state index in [0.717, 1.165) is 22.1 Å². The van der Waals surface area contributed by atoms with Crippen LogP contribution >= 0.6 is 0 Å². The highest BCUT2D eigenvalue weighted by Crippen LogP contribution is 2.38. The molecule has 0 bridgehead atoms. The van der Waals surface area contributed by atoms with E-state index in [2.05, 4.69) is 53.7 Å². The zero-order valence-electron chi connectivity index (χ0n) is 15.8. The lowest BCUT2D eigenvalue weighted by Crippen LogP contribution is -2.24. The number of hydrogen-bond acceptors (Lipinski definition) is 2. The fraction of sp³-hybridized carbons (Fsp3) is 0.455. The lowest BCUT2D eigenvalue weighted by Gasteiger charge is -2.33. The van der Waals surface area contributed by atoms with Crippen LogP contribution in [0.3, 0.4) is 0 Å². The molecule has 0 aliphatic heterocycles. The normalized spacial score (nSPS) is 12.9. The van der Waals surface area contributed by atoms with E-state index in [1.807, 2.05) is 24.3 Å². The second-order valence-electron chi connectivity index (χ2n) is 8.48. The number of hydrogen-bond donors (Lipinski definition) is 0. The van der Waals surface area contributed by atoms with Crippen molar-refractivity contribution >= 4 is 22.1 Å². The highest BCUT2D eigenvalue weighted by molar-refractivity contribution is 5.87. The molecule has 3 aromatic rings. The van der Waals surface area contributed by atoms with E-state index in [9.17, 15) is 0 Å². The third-order valence-electron chi connectivity index (χ3n) is 4.89. The quantitative estimate of drug-likeness (QED) is 0.540. The average molecular weight is 320 g/mol. The van der Waals surface area contributed by atoms with Gasteiger partial charge >= 0.3 is 0 Å². The minimum absolute atomic E-state index is 0.0852. The number of benzene rings is 2. The van der Waals surface area contributed by atoms with Crippen molar-refractivity contribution in [3.05, 3.63) is 47.5 Å². The first-order chi connectivity index (χ1) is 11.2. The molecule has 2 heteroatoms. The molecular formula is C22H28N2. The van der Waals surface area contributed by atoms with E-state index in [1.165, 1.54) is 24.0 Å². The van der Waals surface area contributed by atoms with Crippen LogP contribution in [0.1, 0.15) is 65.5 Å². The van der Waals surface area contributed by atoms with Gasteiger partial charge in [-0.05, 0) is 52.6 Å². The maximum absolute atomic E-state index is 4.87. The summed E-state index contributed by atoms with van der Waals surface area (Å²) in [6.45, 7) is 13.8. The number of fused-ring (bicyclic) bond motifs is 2. The molecule has 3 rings (SSSR count). The van der Waals surface area contributed by atoms with Crippen LogP contribution in [0.4, 0.5) is 0 Å². The fourth-order valence-electron chi connectivity index (χ4n) is 3.61. The molecule has 24 heavy (non-hydrogen) atoms. The Morgan fingerprint density at radius 1 is 0.750 bits per heavy atom. The Morgan fingerprint density at radius 3 is 1.71 bits per heavy atom. The lowest BCUT2D eigenvalue weighted by molar-refractivity contribution is 0.455. The molecule has 0 radical (unpaired) electrons. The highest BCUT2D eigenvalue weighted by Gasteiger charge is 2.28. The molecule has 0 aliphatic carbocycles. The number of nitrogens with zero attached hydrogens (tertiary/aromatic N) is 2. The second kappa shape index (κ2) is 5.84. The van der Waals surface area contributed by atoms with Crippen molar-refractivity contribution in [1.29, 1.82) is 0 Å². The van der Waals surface area contributed by atoms with Crippen molar-refractivity contribution in [3.63, 3.8) is 0 Å². The third kappa shape index (κ3) is 3.02. The largest absolute Gasteiger partial charge is 0.244 e. The Kier molecular flexibility index (Phi) is 4.11. The van der Waals surface area contributed by atoms with Crippen LogP contribution in [-0.2, 0) is 10.8 Å². The van der Waals surface area contributed by atoms with Gasteiger partial charge in [-0.3, -0.25) is 0 Å². The van der Waals surface area contributed by atoms with Crippen molar-refractivity contribution in [1.82, 2.24) is 9.97 Å². The van der Waals surface area contributed by atoms with Gasteiger partial charge in [-0.2, -0.15) is 0 Å². The number of rotatable bonds is 3. The van der Waals surface area contributed by atoms with Crippen molar-refractivity contribution in [2.75, 3.05) is 0 Å². The topological polar surface area (TPSA) is 25.8 Å². The van der Waals surface area contributed by atoms with Crippen molar-refractivity contribution in [2.24, 2.45) is 0 Å². The zero-order valence-corrected chi connectivity index (χ0v) is 15.8. The van der Waals surface area contributed by atoms with Crippen LogP contribution in [0, 0.1) is 0 Å². The summed E-state index contributed by atoms with van der Waals surface area (Å²) in [5.41, 5.74) is 6.95. The Labute approximate surface area is 145 Å². The standard InChI is InChI=1S/C22H28N2/c1-7-12-22(5,6)16-14-20-19(13-15(16)21(2,3)4)23-17-10-8-9-11-18(17)24-20/h8-11,13-14H,7,12H2,1-6H3. The van der Waals surface area contributed by atoms with Gasteiger partial charge in [0.1, 0.15) is 0 Å². The molecule has 2 nitrogen and oxygen atoms in total. The molecule has 1 heterocycles. The molecule has 0 unspecified atom stereocenters. The summed E-state index contributed by atoms with van der Waals surface area (Å²) in [4.78, 5) is 9.73. The third-order valence-corrected chi connectivity index (χ3v) is 4.89. The molecule has 1 aromatic heterocycles. The SMILES string of the molecule is CCCC(C)(C)c1cc2nc3ccccc3nc2cc1C(C)(C)C. The van der Waals surface area contributed by atoms with Crippen LogP contribution in [0.5, 0.6) is 0 Å². The van der Waals surface area contributed by atoms with Crippen LogP contribution in [0.2, 0.25) is 0 Å². The molecule has 0 fully saturated rings. The van der Waals surface area contributed by atoms with Crippen LogP contribution < -0.4 is 0 Å². The maximum atomic E-state index is 4.87. The number of aromatic nitrogens is 2. The summed E-state index contributed by atoms with van der Waals surface area (Å²) in [6, 6.07) is 12.7. The van der Waals surface area contributed by atoms with Gasteiger partial charge < -0.3 is 0 Å². The van der Waals surface area contributed by atoms with E-state index in [0.29, 0.717) is 0 Å². The van der Waals surface area contributed by atoms with Gasteiger partial charge in [-0.25, -0.2) is 9.97 Å². The highest BCUT2D eigenvalue weighted by atomic mass is 14.8. The van der Waals surface area contributed by atoms with Crippen molar-refractivity contribution in [3.8, 4) is 0 Å². The fourth-order valence-corrected chi connectivity index (χ4v) is 3.61. The minimum Gasteiger partial charge on any atom is -0.244 e. The molecule has 0 saturated heterocycles. The van der Waals surface area contributed by atoms with Crippen LogP contribution in [-0.4, -0.2) is 9.97 Å². The van der Waals surface area contributed by atoms with Crippen molar-refractivity contribution < 1.29 is 0 Å². The predicted molar refractivity (Wildman–Crippen MR) is 104 cm³/mol. The molecule has 0 aliphatic rings. The first-order valence-corrected chi connectivity index (χ1v) is 8.94. The van der Waals surface area contributed by atoms with Gasteiger partial charge in [0.15, 0.2) is 0 Å². The van der Waals surface area contributed by atoms with Crippen molar-refractivity contribution in [2.45, 2.75) is 65.2 Å². The molecule has 126 valence electrons. The maximum Gasteiger partial charge on any atom is 0.0897 e. The van der Waals surface area contributed by atoms with E-state index < -0.39 is 0 Å². The second-order valence-corrected chi connectivity index (χ2v) is 8.48. The molecule has 0 atom stereocenters. The Morgan fingerprint density at radius 2 is 1.25 bits per heavy atom. The first kappa shape index (κ1) is 16.9. The predicted octanol–water partition coefficient (Wildman–Crippen LogP) is 6.16. The average Bonchev–Trinajstić information content (AvgIpc) is 2.50. The van der Waals surface area contributed by atoms with Crippen LogP contribution in [0.25, 0.3) is 22.1 Å². The molecule has 0 N–H and O–H groups in total. The van der Waals surface area contributed by atoms with Gasteiger partial charge in [0.05, 0.1) is 22.1 Å².